The molecule has 1 N–H and O–H groups in total. The van der Waals surface area contributed by atoms with Crippen LogP contribution in [0.1, 0.15) is 19.4 Å². The quantitative estimate of drug-likeness (QED) is 0.293. The zero-order chi connectivity index (χ0) is 26.5. The molecule has 0 aliphatic carbocycles. The van der Waals surface area contributed by atoms with Crippen LogP contribution < -0.4 is 9.04 Å². The van der Waals surface area contributed by atoms with Crippen LogP contribution in [0.2, 0.25) is 0 Å². The summed E-state index contributed by atoms with van der Waals surface area (Å²) in [6, 6.07) is 13.3. The third-order valence-electron chi connectivity index (χ3n) is 5.85. The van der Waals surface area contributed by atoms with Gasteiger partial charge in [0.1, 0.15) is 17.5 Å². The van der Waals surface area contributed by atoms with Crippen LogP contribution in [-0.4, -0.2) is 80.2 Å². The molecule has 2 aromatic rings. The molecule has 0 radical (unpaired) electrons. The van der Waals surface area contributed by atoms with Crippen LogP contribution in [0, 0.1) is 6.92 Å². The lowest BCUT2D eigenvalue weighted by Gasteiger charge is -2.41. The van der Waals surface area contributed by atoms with Gasteiger partial charge >= 0.3 is 0 Å². The zero-order valence-corrected chi connectivity index (χ0v) is 22.0. The summed E-state index contributed by atoms with van der Waals surface area (Å²) >= 11 is 0. The normalized spacial score (nSPS) is 19.4. The van der Waals surface area contributed by atoms with Crippen LogP contribution >= 0.6 is 0 Å². The number of nitrogens with zero attached hydrogens (tertiary/aromatic N) is 3. The van der Waals surface area contributed by atoms with Gasteiger partial charge in [-0.15, -0.1) is 6.58 Å². The number of hydroxylamine groups is 2. The molecule has 1 amide bonds. The Labute approximate surface area is 213 Å². The second kappa shape index (κ2) is 11.9. The number of ether oxygens (including phenoxy) is 2. The Morgan fingerprint density at radius 3 is 2.17 bits per heavy atom. The van der Waals surface area contributed by atoms with Crippen LogP contribution in [0.5, 0.6) is 11.5 Å². The van der Waals surface area contributed by atoms with E-state index in [2.05, 4.69) is 6.58 Å². The molecule has 2 aromatic carbocycles. The fourth-order valence-corrected chi connectivity index (χ4v) is 5.14. The standard InChI is InChI=1S/C26H35N3O6S/c1-6-15-28(31)26(30)25(27-16-20(3)34-21(4)17-27)18-29(36(5,32)33)22-9-13-24(14-10-22)35-23-11-7-19(2)8-12-23/h6-14,20-21,25,31H,1,15-18H2,2-5H3/t20-,21+,25-/m0/s1. The topological polar surface area (TPSA) is 99.6 Å². The van der Waals surface area contributed by atoms with Gasteiger partial charge in [0.25, 0.3) is 5.91 Å². The van der Waals surface area contributed by atoms with Gasteiger partial charge in [0.2, 0.25) is 10.0 Å². The van der Waals surface area contributed by atoms with Gasteiger partial charge in [0.05, 0.1) is 37.2 Å². The lowest BCUT2D eigenvalue weighted by atomic mass is 10.1. The van der Waals surface area contributed by atoms with E-state index in [1.807, 2.05) is 49.9 Å². The molecule has 1 aliphatic rings. The molecule has 0 unspecified atom stereocenters. The van der Waals surface area contributed by atoms with Gasteiger partial charge in [-0.1, -0.05) is 23.8 Å². The largest absolute Gasteiger partial charge is 0.457 e. The van der Waals surface area contributed by atoms with Crippen LogP contribution in [0.15, 0.2) is 61.2 Å². The molecule has 1 aliphatic heterocycles. The van der Waals surface area contributed by atoms with E-state index in [9.17, 15) is 18.4 Å². The molecule has 36 heavy (non-hydrogen) atoms. The molecule has 10 heteroatoms. The Morgan fingerprint density at radius 1 is 1.14 bits per heavy atom. The average molecular weight is 518 g/mol. The van der Waals surface area contributed by atoms with Gasteiger partial charge in [-0.2, -0.15) is 0 Å². The third-order valence-corrected chi connectivity index (χ3v) is 7.01. The molecule has 9 nitrogen and oxygen atoms in total. The van der Waals surface area contributed by atoms with E-state index in [1.54, 1.807) is 24.3 Å². The van der Waals surface area contributed by atoms with Crippen molar-refractivity contribution in [3.05, 3.63) is 66.7 Å². The van der Waals surface area contributed by atoms with Crippen molar-refractivity contribution in [1.82, 2.24) is 9.96 Å². The number of aryl methyl sites for hydroxylation is 1. The fourth-order valence-electron chi connectivity index (χ4n) is 4.22. The van der Waals surface area contributed by atoms with Gasteiger partial charge in [-0.25, -0.2) is 13.5 Å². The van der Waals surface area contributed by atoms with Crippen molar-refractivity contribution in [2.24, 2.45) is 0 Å². The maximum absolute atomic E-state index is 13.2. The second-order valence-corrected chi connectivity index (χ2v) is 11.0. The smallest absolute Gasteiger partial charge is 0.265 e. The number of carbonyl (C=O) groups is 1. The van der Waals surface area contributed by atoms with Crippen LogP contribution in [0.4, 0.5) is 5.69 Å². The lowest BCUT2D eigenvalue weighted by molar-refractivity contribution is -0.172. The number of hydrogen-bond donors (Lipinski definition) is 1. The first-order valence-electron chi connectivity index (χ1n) is 11.8. The van der Waals surface area contributed by atoms with E-state index in [0.29, 0.717) is 35.3 Å². The summed E-state index contributed by atoms with van der Waals surface area (Å²) in [6.45, 7) is 9.93. The highest BCUT2D eigenvalue weighted by molar-refractivity contribution is 7.92. The molecule has 1 heterocycles. The van der Waals surface area contributed by atoms with E-state index in [-0.39, 0.29) is 25.3 Å². The molecule has 3 rings (SSSR count). The second-order valence-electron chi connectivity index (χ2n) is 9.14. The summed E-state index contributed by atoms with van der Waals surface area (Å²) in [4.78, 5) is 15.1. The van der Waals surface area contributed by atoms with E-state index < -0.39 is 22.0 Å². The summed E-state index contributed by atoms with van der Waals surface area (Å²) in [5.74, 6) is 0.607. The van der Waals surface area contributed by atoms with E-state index >= 15 is 0 Å². The lowest BCUT2D eigenvalue weighted by Crippen LogP contribution is -2.59. The van der Waals surface area contributed by atoms with Crippen LogP contribution in [0.3, 0.4) is 0 Å². The number of hydrogen-bond acceptors (Lipinski definition) is 7. The van der Waals surface area contributed by atoms with E-state index in [0.717, 1.165) is 11.8 Å². The van der Waals surface area contributed by atoms with Crippen LogP contribution in [0.25, 0.3) is 0 Å². The molecule has 0 aromatic heterocycles. The number of benzene rings is 2. The number of amides is 1. The SMILES string of the molecule is C=CCN(O)C(=O)[C@H](CN(c1ccc(Oc2ccc(C)cc2)cc1)S(C)(=O)=O)N1C[C@@H](C)O[C@@H](C)C1. The Bertz CT molecular complexity index is 1130. The van der Waals surface area contributed by atoms with Crippen LogP contribution in [-0.2, 0) is 19.6 Å². The zero-order valence-electron chi connectivity index (χ0n) is 21.2. The van der Waals surface area contributed by atoms with Gasteiger partial charge in [0.15, 0.2) is 0 Å². The Balaban J connectivity index is 1.88. The minimum Gasteiger partial charge on any atom is -0.457 e. The Morgan fingerprint density at radius 2 is 1.67 bits per heavy atom. The molecular weight excluding hydrogens is 482 g/mol. The minimum atomic E-state index is -3.76. The maximum atomic E-state index is 13.2. The first kappa shape index (κ1) is 27.7. The predicted octanol–water partition coefficient (Wildman–Crippen LogP) is 3.43. The van der Waals surface area contributed by atoms with Crippen molar-refractivity contribution < 1.29 is 27.9 Å². The Kier molecular flexibility index (Phi) is 9.13. The van der Waals surface area contributed by atoms with Gasteiger partial charge < -0.3 is 9.47 Å². The first-order chi connectivity index (χ1) is 17.0. The molecule has 1 fully saturated rings. The molecule has 1 saturated heterocycles. The van der Waals surface area contributed by atoms with Crippen molar-refractivity contribution in [1.29, 1.82) is 0 Å². The van der Waals surface area contributed by atoms with Crippen molar-refractivity contribution in [3.8, 4) is 11.5 Å². The van der Waals surface area contributed by atoms with E-state index in [1.165, 1.54) is 10.4 Å². The molecule has 3 atom stereocenters. The van der Waals surface area contributed by atoms with E-state index in [4.69, 9.17) is 9.47 Å². The molecule has 0 saturated carbocycles. The molecule has 0 spiro atoms. The van der Waals surface area contributed by atoms with Crippen molar-refractivity contribution in [3.63, 3.8) is 0 Å². The van der Waals surface area contributed by atoms with Crippen molar-refractivity contribution >= 4 is 21.6 Å². The number of rotatable bonds is 10. The van der Waals surface area contributed by atoms with Crippen molar-refractivity contribution in [2.75, 3.05) is 36.7 Å². The third kappa shape index (κ3) is 7.30. The molecular formula is C26H35N3O6S. The minimum absolute atomic E-state index is 0.0747. The summed E-state index contributed by atoms with van der Waals surface area (Å²) in [7, 11) is -3.76. The number of carbonyl (C=O) groups excluding carboxylic acids is 1. The Hall–Kier alpha value is -2.92. The average Bonchev–Trinajstić information content (AvgIpc) is 2.80. The monoisotopic (exact) mass is 517 g/mol. The summed E-state index contributed by atoms with van der Waals surface area (Å²) in [5.41, 5.74) is 1.50. The highest BCUT2D eigenvalue weighted by atomic mass is 32.2. The maximum Gasteiger partial charge on any atom is 0.265 e. The predicted molar refractivity (Wildman–Crippen MR) is 139 cm³/mol. The van der Waals surface area contributed by atoms with Gasteiger partial charge in [-0.3, -0.25) is 19.2 Å². The number of morpholine rings is 1. The number of sulfonamides is 1. The number of anilines is 1. The molecule has 0 bridgehead atoms. The highest BCUT2D eigenvalue weighted by Gasteiger charge is 2.37. The summed E-state index contributed by atoms with van der Waals surface area (Å²) in [5, 5.41) is 10.9. The summed E-state index contributed by atoms with van der Waals surface area (Å²) < 4.78 is 38.5. The van der Waals surface area contributed by atoms with Crippen molar-refractivity contribution in [2.45, 2.75) is 39.0 Å². The first-order valence-corrected chi connectivity index (χ1v) is 13.7. The summed E-state index contributed by atoms with van der Waals surface area (Å²) in [6.07, 6.45) is 2.19. The highest BCUT2D eigenvalue weighted by Crippen LogP contribution is 2.27. The fraction of sp³-hybridized carbons (Fsp3) is 0.423. The molecule has 196 valence electrons. The van der Waals surface area contributed by atoms with Gasteiger partial charge in [-0.05, 0) is 57.2 Å². The van der Waals surface area contributed by atoms with Gasteiger partial charge in [0, 0.05) is 13.1 Å².